The van der Waals surface area contributed by atoms with E-state index in [0.717, 1.165) is 29.5 Å². The highest BCUT2D eigenvalue weighted by molar-refractivity contribution is 8.00. The van der Waals surface area contributed by atoms with Crippen LogP contribution < -0.4 is 4.90 Å². The van der Waals surface area contributed by atoms with Crippen LogP contribution in [0.1, 0.15) is 12.5 Å². The van der Waals surface area contributed by atoms with Crippen LogP contribution in [0.2, 0.25) is 0 Å². The van der Waals surface area contributed by atoms with E-state index in [9.17, 15) is 4.79 Å². The molecule has 1 aliphatic heterocycles. The molecular weight excluding hydrogens is 332 g/mol. The predicted octanol–water partition coefficient (Wildman–Crippen LogP) is 3.34. The van der Waals surface area contributed by atoms with Crippen molar-refractivity contribution < 1.29 is 4.79 Å². The average Bonchev–Trinajstić information content (AvgIpc) is 3.28. The average molecular weight is 350 g/mol. The molecule has 0 saturated heterocycles. The van der Waals surface area contributed by atoms with E-state index in [1.54, 1.807) is 6.33 Å². The molecule has 0 unspecified atom stereocenters. The molecule has 126 valence electrons. The van der Waals surface area contributed by atoms with Crippen molar-refractivity contribution in [2.75, 3.05) is 11.4 Å². The fraction of sp³-hybridized carbons (Fsp3) is 0.211. The van der Waals surface area contributed by atoms with Crippen LogP contribution in [-0.4, -0.2) is 32.5 Å². The van der Waals surface area contributed by atoms with Crippen molar-refractivity contribution in [3.8, 4) is 5.69 Å². The van der Waals surface area contributed by atoms with Gasteiger partial charge >= 0.3 is 0 Å². The smallest absolute Gasteiger partial charge is 0.240 e. The van der Waals surface area contributed by atoms with Gasteiger partial charge in [-0.3, -0.25) is 9.36 Å². The first-order valence-electron chi connectivity index (χ1n) is 8.25. The highest BCUT2D eigenvalue weighted by atomic mass is 32.2. The summed E-state index contributed by atoms with van der Waals surface area (Å²) in [6.07, 6.45) is 2.60. The lowest BCUT2D eigenvalue weighted by Gasteiger charge is -2.21. The van der Waals surface area contributed by atoms with E-state index in [2.05, 4.69) is 16.3 Å². The van der Waals surface area contributed by atoms with Crippen LogP contribution in [0.3, 0.4) is 0 Å². The summed E-state index contributed by atoms with van der Waals surface area (Å²) in [5.41, 5.74) is 3.26. The summed E-state index contributed by atoms with van der Waals surface area (Å²) >= 11 is 1.44. The van der Waals surface area contributed by atoms with Crippen molar-refractivity contribution in [1.82, 2.24) is 14.8 Å². The molecule has 4 rings (SSSR count). The van der Waals surface area contributed by atoms with Crippen LogP contribution in [0.25, 0.3) is 5.69 Å². The van der Waals surface area contributed by atoms with E-state index >= 15 is 0 Å². The van der Waals surface area contributed by atoms with E-state index in [-0.39, 0.29) is 11.2 Å². The molecule has 6 heteroatoms. The molecule has 0 N–H and O–H groups in total. The first-order chi connectivity index (χ1) is 12.2. The summed E-state index contributed by atoms with van der Waals surface area (Å²) in [5, 5.41) is 8.69. The predicted molar refractivity (Wildman–Crippen MR) is 99.2 cm³/mol. The second-order valence-electron chi connectivity index (χ2n) is 5.95. The first kappa shape index (κ1) is 15.9. The molecule has 1 aliphatic rings. The van der Waals surface area contributed by atoms with Crippen LogP contribution in [0.15, 0.2) is 66.1 Å². The number of fused-ring (bicyclic) bond motifs is 1. The minimum absolute atomic E-state index is 0.109. The maximum atomic E-state index is 12.9. The Bertz CT molecular complexity index is 893. The molecule has 1 aromatic heterocycles. The van der Waals surface area contributed by atoms with Gasteiger partial charge in [0.1, 0.15) is 6.33 Å². The van der Waals surface area contributed by atoms with Gasteiger partial charge in [0, 0.05) is 17.9 Å². The van der Waals surface area contributed by atoms with Gasteiger partial charge in [0.15, 0.2) is 5.16 Å². The topological polar surface area (TPSA) is 51.0 Å². The minimum atomic E-state index is -0.238. The molecule has 0 saturated carbocycles. The van der Waals surface area contributed by atoms with Gasteiger partial charge in [-0.15, -0.1) is 10.2 Å². The lowest BCUT2D eigenvalue weighted by Crippen LogP contribution is -2.35. The SMILES string of the molecule is C[C@@H](Sc1nncn1-c1ccccc1)C(=O)N1CCc2ccccc21. The number of carbonyl (C=O) groups is 1. The van der Waals surface area contributed by atoms with Gasteiger partial charge in [0.05, 0.1) is 5.25 Å². The number of para-hydroxylation sites is 2. The molecule has 0 radical (unpaired) electrons. The van der Waals surface area contributed by atoms with E-state index in [1.165, 1.54) is 17.3 Å². The Hall–Kier alpha value is -2.60. The monoisotopic (exact) mass is 350 g/mol. The van der Waals surface area contributed by atoms with Crippen molar-refractivity contribution >= 4 is 23.4 Å². The zero-order chi connectivity index (χ0) is 17.2. The zero-order valence-electron chi connectivity index (χ0n) is 13.9. The van der Waals surface area contributed by atoms with Gasteiger partial charge in [0.2, 0.25) is 5.91 Å². The minimum Gasteiger partial charge on any atom is -0.311 e. The second-order valence-corrected chi connectivity index (χ2v) is 7.26. The number of anilines is 1. The highest BCUT2D eigenvalue weighted by Crippen LogP contribution is 2.31. The molecule has 0 bridgehead atoms. The van der Waals surface area contributed by atoms with Crippen molar-refractivity contribution in [2.24, 2.45) is 0 Å². The Morgan fingerprint density at radius 1 is 1.12 bits per heavy atom. The Labute approximate surface area is 150 Å². The van der Waals surface area contributed by atoms with Crippen molar-refractivity contribution in [1.29, 1.82) is 0 Å². The Kier molecular flexibility index (Phi) is 4.28. The van der Waals surface area contributed by atoms with Crippen molar-refractivity contribution in [2.45, 2.75) is 23.8 Å². The number of aromatic nitrogens is 3. The molecule has 1 amide bonds. The number of hydrogen-bond acceptors (Lipinski definition) is 4. The zero-order valence-corrected chi connectivity index (χ0v) is 14.7. The third-order valence-electron chi connectivity index (χ3n) is 4.33. The van der Waals surface area contributed by atoms with E-state index < -0.39 is 0 Å². The van der Waals surface area contributed by atoms with Gasteiger partial charge in [0.25, 0.3) is 0 Å². The van der Waals surface area contributed by atoms with Crippen LogP contribution >= 0.6 is 11.8 Å². The Morgan fingerprint density at radius 3 is 2.72 bits per heavy atom. The maximum absolute atomic E-state index is 12.9. The van der Waals surface area contributed by atoms with Crippen molar-refractivity contribution in [3.63, 3.8) is 0 Å². The molecule has 2 heterocycles. The van der Waals surface area contributed by atoms with Crippen molar-refractivity contribution in [3.05, 3.63) is 66.5 Å². The molecule has 3 aromatic rings. The fourth-order valence-corrected chi connectivity index (χ4v) is 3.97. The van der Waals surface area contributed by atoms with Crippen LogP contribution in [-0.2, 0) is 11.2 Å². The van der Waals surface area contributed by atoms with Crippen LogP contribution in [0.5, 0.6) is 0 Å². The number of nitrogens with zero attached hydrogens (tertiary/aromatic N) is 4. The van der Waals surface area contributed by atoms with E-state index in [0.29, 0.717) is 0 Å². The number of rotatable bonds is 4. The van der Waals surface area contributed by atoms with Gasteiger partial charge in [-0.25, -0.2) is 0 Å². The maximum Gasteiger partial charge on any atom is 0.240 e. The Balaban J connectivity index is 1.53. The summed E-state index contributed by atoms with van der Waals surface area (Å²) in [5.74, 6) is 0.109. The fourth-order valence-electron chi connectivity index (χ4n) is 3.07. The summed E-state index contributed by atoms with van der Waals surface area (Å²) in [6.45, 7) is 2.67. The second kappa shape index (κ2) is 6.72. The molecule has 0 spiro atoms. The molecule has 5 nitrogen and oxygen atoms in total. The summed E-state index contributed by atoms with van der Waals surface area (Å²) < 4.78 is 1.91. The van der Waals surface area contributed by atoms with Gasteiger partial charge in [-0.2, -0.15) is 0 Å². The molecule has 0 aliphatic carbocycles. The van der Waals surface area contributed by atoms with E-state index in [4.69, 9.17) is 0 Å². The summed E-state index contributed by atoms with van der Waals surface area (Å²) in [4.78, 5) is 14.8. The molecule has 25 heavy (non-hydrogen) atoms. The summed E-state index contributed by atoms with van der Waals surface area (Å²) in [6, 6.07) is 18.0. The van der Waals surface area contributed by atoms with Gasteiger partial charge in [-0.1, -0.05) is 48.2 Å². The Morgan fingerprint density at radius 2 is 1.88 bits per heavy atom. The number of carbonyl (C=O) groups excluding carboxylic acids is 1. The molecule has 2 aromatic carbocycles. The summed E-state index contributed by atoms with van der Waals surface area (Å²) in [7, 11) is 0. The molecule has 1 atom stereocenters. The molecule has 0 fully saturated rings. The van der Waals surface area contributed by atoms with Crippen LogP contribution in [0.4, 0.5) is 5.69 Å². The van der Waals surface area contributed by atoms with Gasteiger partial charge in [-0.05, 0) is 37.1 Å². The first-order valence-corrected chi connectivity index (χ1v) is 9.13. The number of hydrogen-bond donors (Lipinski definition) is 0. The number of thioether (sulfide) groups is 1. The largest absolute Gasteiger partial charge is 0.311 e. The third-order valence-corrected chi connectivity index (χ3v) is 5.38. The molecular formula is C19H18N4OS. The van der Waals surface area contributed by atoms with E-state index in [1.807, 2.05) is 64.9 Å². The van der Waals surface area contributed by atoms with Crippen LogP contribution in [0, 0.1) is 0 Å². The number of amides is 1. The third kappa shape index (κ3) is 3.05. The standard InChI is InChI=1S/C19H18N4OS/c1-14(18(24)22-12-11-15-7-5-6-10-17(15)22)25-19-21-20-13-23(19)16-8-3-2-4-9-16/h2-10,13-14H,11-12H2,1H3/t14-/m1/s1. The highest BCUT2D eigenvalue weighted by Gasteiger charge is 2.29. The van der Waals surface area contributed by atoms with Gasteiger partial charge < -0.3 is 4.90 Å². The number of benzene rings is 2. The quantitative estimate of drug-likeness (QED) is 0.677. The lowest BCUT2D eigenvalue weighted by atomic mass is 10.2. The lowest BCUT2D eigenvalue weighted by molar-refractivity contribution is -0.117. The normalized spacial score (nSPS) is 14.4.